The third kappa shape index (κ3) is 7.73. The first-order chi connectivity index (χ1) is 8.03. The van der Waals surface area contributed by atoms with E-state index in [1.54, 1.807) is 0 Å². The summed E-state index contributed by atoms with van der Waals surface area (Å²) in [5, 5.41) is 3.21. The molecule has 0 bridgehead atoms. The minimum Gasteiger partial charge on any atom is -0.314 e. The van der Waals surface area contributed by atoms with Crippen molar-refractivity contribution in [3.63, 3.8) is 0 Å². The number of hydrogen-bond acceptors (Lipinski definition) is 4. The molecule has 1 aliphatic carbocycles. The van der Waals surface area contributed by atoms with Crippen LogP contribution in [0, 0.1) is 0 Å². The van der Waals surface area contributed by atoms with Crippen LogP contribution in [-0.4, -0.2) is 57.5 Å². The second kappa shape index (κ2) is 7.34. The van der Waals surface area contributed by atoms with Crippen molar-refractivity contribution in [2.45, 2.75) is 38.6 Å². The summed E-state index contributed by atoms with van der Waals surface area (Å²) in [7, 11) is -2.82. The van der Waals surface area contributed by atoms with Gasteiger partial charge in [-0.1, -0.05) is 13.3 Å². The molecule has 0 radical (unpaired) electrons. The molecule has 0 atom stereocenters. The van der Waals surface area contributed by atoms with Crippen LogP contribution in [0.25, 0.3) is 0 Å². The Kier molecular flexibility index (Phi) is 6.44. The first kappa shape index (κ1) is 14.9. The van der Waals surface area contributed by atoms with Crippen molar-refractivity contribution < 1.29 is 8.42 Å². The molecule has 0 heterocycles. The first-order valence-electron chi connectivity index (χ1n) is 6.65. The average Bonchev–Trinajstić information content (AvgIpc) is 3.04. The number of nitrogens with one attached hydrogen (secondary N) is 1. The minimum absolute atomic E-state index is 0.241. The average molecular weight is 262 g/mol. The molecule has 0 aromatic carbocycles. The van der Waals surface area contributed by atoms with Crippen LogP contribution >= 0.6 is 0 Å². The largest absolute Gasteiger partial charge is 0.314 e. The lowest BCUT2D eigenvalue weighted by atomic mass is 10.3. The van der Waals surface area contributed by atoms with Gasteiger partial charge in [0.25, 0.3) is 0 Å². The Morgan fingerprint density at radius 2 is 1.94 bits per heavy atom. The van der Waals surface area contributed by atoms with E-state index in [-0.39, 0.29) is 5.75 Å². The van der Waals surface area contributed by atoms with Gasteiger partial charge in [-0.15, -0.1) is 0 Å². The molecule has 0 spiro atoms. The highest BCUT2D eigenvalue weighted by atomic mass is 32.2. The van der Waals surface area contributed by atoms with Crippen LogP contribution < -0.4 is 5.32 Å². The second-order valence-corrected chi connectivity index (χ2v) is 7.26. The van der Waals surface area contributed by atoms with E-state index in [0.717, 1.165) is 19.1 Å². The van der Waals surface area contributed by atoms with E-state index in [2.05, 4.69) is 17.1 Å². The van der Waals surface area contributed by atoms with Crippen LogP contribution in [0.1, 0.15) is 32.6 Å². The number of nitrogens with zero attached hydrogens (tertiary/aromatic N) is 1. The normalized spacial score (nSPS) is 16.6. The summed E-state index contributed by atoms with van der Waals surface area (Å²) >= 11 is 0. The fourth-order valence-corrected chi connectivity index (χ4v) is 2.40. The lowest BCUT2D eigenvalue weighted by molar-refractivity contribution is 0.259. The van der Waals surface area contributed by atoms with Crippen LogP contribution in [0.15, 0.2) is 0 Å². The van der Waals surface area contributed by atoms with Crippen molar-refractivity contribution in [2.24, 2.45) is 0 Å². The molecule has 0 aromatic rings. The highest BCUT2D eigenvalue weighted by Crippen LogP contribution is 2.26. The van der Waals surface area contributed by atoms with Crippen LogP contribution in [0.4, 0.5) is 0 Å². The molecule has 0 amide bonds. The van der Waals surface area contributed by atoms with E-state index in [1.807, 2.05) is 0 Å². The smallest absolute Gasteiger partial charge is 0.148 e. The first-order valence-corrected chi connectivity index (χ1v) is 8.71. The summed E-state index contributed by atoms with van der Waals surface area (Å²) in [4.78, 5) is 2.54. The Morgan fingerprint density at radius 1 is 1.24 bits per heavy atom. The Labute approximate surface area is 106 Å². The van der Waals surface area contributed by atoms with Gasteiger partial charge in [-0.05, 0) is 25.8 Å². The Morgan fingerprint density at radius 3 is 2.47 bits per heavy atom. The molecule has 1 rings (SSSR count). The molecule has 0 aliphatic heterocycles. The molecule has 1 aliphatic rings. The number of sulfone groups is 1. The van der Waals surface area contributed by atoms with Crippen molar-refractivity contribution in [1.29, 1.82) is 0 Å². The zero-order valence-electron chi connectivity index (χ0n) is 11.1. The molecular weight excluding hydrogens is 236 g/mol. The molecule has 4 nitrogen and oxygen atoms in total. The standard InChI is InChI=1S/C12H26N2O2S/c1-3-4-9-14(12-5-6-12)10-7-13-8-11-17(2,15)16/h12-13H,3-11H2,1-2H3. The number of rotatable bonds is 10. The second-order valence-electron chi connectivity index (χ2n) is 5.00. The van der Waals surface area contributed by atoms with Gasteiger partial charge in [0, 0.05) is 31.9 Å². The van der Waals surface area contributed by atoms with Gasteiger partial charge in [0.15, 0.2) is 0 Å². The highest BCUT2D eigenvalue weighted by molar-refractivity contribution is 7.90. The van der Waals surface area contributed by atoms with Crippen LogP contribution in [0.3, 0.4) is 0 Å². The highest BCUT2D eigenvalue weighted by Gasteiger charge is 2.27. The van der Waals surface area contributed by atoms with E-state index in [0.29, 0.717) is 6.54 Å². The van der Waals surface area contributed by atoms with Gasteiger partial charge in [0.05, 0.1) is 5.75 Å². The molecule has 1 saturated carbocycles. The molecule has 0 aromatic heterocycles. The lowest BCUT2D eigenvalue weighted by Gasteiger charge is -2.21. The van der Waals surface area contributed by atoms with Crippen LogP contribution in [0.2, 0.25) is 0 Å². The molecular formula is C12H26N2O2S. The fourth-order valence-electron chi connectivity index (χ4n) is 1.88. The third-order valence-electron chi connectivity index (χ3n) is 3.09. The lowest BCUT2D eigenvalue weighted by Crippen LogP contribution is -2.35. The SMILES string of the molecule is CCCCN(CCNCCS(C)(=O)=O)C1CC1. The predicted molar refractivity (Wildman–Crippen MR) is 72.1 cm³/mol. The molecule has 102 valence electrons. The topological polar surface area (TPSA) is 49.4 Å². The molecule has 17 heavy (non-hydrogen) atoms. The zero-order chi connectivity index (χ0) is 12.7. The minimum atomic E-state index is -2.82. The molecule has 0 saturated heterocycles. The zero-order valence-corrected chi connectivity index (χ0v) is 11.9. The van der Waals surface area contributed by atoms with E-state index in [1.165, 1.54) is 38.5 Å². The maximum absolute atomic E-state index is 10.9. The van der Waals surface area contributed by atoms with Gasteiger partial charge in [-0.25, -0.2) is 8.42 Å². The molecule has 0 unspecified atom stereocenters. The third-order valence-corrected chi connectivity index (χ3v) is 4.03. The van der Waals surface area contributed by atoms with E-state index < -0.39 is 9.84 Å². The summed E-state index contributed by atoms with van der Waals surface area (Å²) in [6, 6.07) is 0.804. The Bertz CT molecular complexity index is 300. The van der Waals surface area contributed by atoms with E-state index in [9.17, 15) is 8.42 Å². The van der Waals surface area contributed by atoms with E-state index >= 15 is 0 Å². The summed E-state index contributed by atoms with van der Waals surface area (Å²) in [5.74, 6) is 0.241. The predicted octanol–water partition coefficient (Wildman–Crippen LogP) is 0.885. The van der Waals surface area contributed by atoms with Crippen molar-refractivity contribution in [1.82, 2.24) is 10.2 Å². The van der Waals surface area contributed by atoms with Gasteiger partial charge in [0.1, 0.15) is 9.84 Å². The Hall–Kier alpha value is -0.130. The van der Waals surface area contributed by atoms with Crippen molar-refractivity contribution >= 4 is 9.84 Å². The van der Waals surface area contributed by atoms with Crippen molar-refractivity contribution in [3.05, 3.63) is 0 Å². The maximum atomic E-state index is 10.9. The van der Waals surface area contributed by atoms with Crippen LogP contribution in [0.5, 0.6) is 0 Å². The van der Waals surface area contributed by atoms with Crippen molar-refractivity contribution in [3.8, 4) is 0 Å². The summed E-state index contributed by atoms with van der Waals surface area (Å²) in [5.41, 5.74) is 0. The van der Waals surface area contributed by atoms with Gasteiger partial charge >= 0.3 is 0 Å². The van der Waals surface area contributed by atoms with Gasteiger partial charge in [-0.2, -0.15) is 0 Å². The summed E-state index contributed by atoms with van der Waals surface area (Å²) < 4.78 is 21.9. The quantitative estimate of drug-likeness (QED) is 0.594. The maximum Gasteiger partial charge on any atom is 0.148 e. The molecule has 1 N–H and O–H groups in total. The number of hydrogen-bond donors (Lipinski definition) is 1. The number of unbranched alkanes of at least 4 members (excludes halogenated alkanes) is 1. The monoisotopic (exact) mass is 262 g/mol. The molecule has 1 fully saturated rings. The van der Waals surface area contributed by atoms with Crippen molar-refractivity contribution in [2.75, 3.05) is 38.2 Å². The van der Waals surface area contributed by atoms with E-state index in [4.69, 9.17) is 0 Å². The summed E-state index contributed by atoms with van der Waals surface area (Å²) in [6.45, 7) is 5.93. The Balaban J connectivity index is 2.06. The molecule has 5 heteroatoms. The van der Waals surface area contributed by atoms with Gasteiger partial charge in [-0.3, -0.25) is 4.90 Å². The summed E-state index contributed by atoms with van der Waals surface area (Å²) in [6.07, 6.45) is 6.47. The van der Waals surface area contributed by atoms with Crippen LogP contribution in [-0.2, 0) is 9.84 Å². The van der Waals surface area contributed by atoms with Gasteiger partial charge in [0.2, 0.25) is 0 Å². The van der Waals surface area contributed by atoms with Gasteiger partial charge < -0.3 is 5.32 Å². The fraction of sp³-hybridized carbons (Fsp3) is 1.00.